The average Bonchev–Trinajstić information content (AvgIpc) is 2.59. The molecule has 1 atom stereocenters. The molecule has 8 heteroatoms. The number of hydrogen-bond acceptors (Lipinski definition) is 4. The van der Waals surface area contributed by atoms with Gasteiger partial charge in [0.25, 0.3) is 5.91 Å². The smallest absolute Gasteiger partial charge is 0.252 e. The maximum Gasteiger partial charge on any atom is 0.252 e. The van der Waals surface area contributed by atoms with Crippen LogP contribution >= 0.6 is 0 Å². The van der Waals surface area contributed by atoms with E-state index >= 15 is 0 Å². The molecule has 1 saturated heterocycles. The summed E-state index contributed by atoms with van der Waals surface area (Å²) in [7, 11) is 1.65. The van der Waals surface area contributed by atoms with Crippen LogP contribution in [-0.2, 0) is 27.9 Å². The standard InChI is InChI=1S/C14H14FN3O4/c1-18-10-6-8(15)4-7(5-11(10)22-18)13(20)16-9-2-3-12(19)17-14(9)21/h4-5,9H,2-3,6H2,1H3,(H,16,20)(H,17,19,21). The van der Waals surface area contributed by atoms with Crippen LogP contribution in [0.5, 0.6) is 0 Å². The zero-order chi connectivity index (χ0) is 15.9. The summed E-state index contributed by atoms with van der Waals surface area (Å²) in [4.78, 5) is 34.9. The number of fused-ring (bicyclic) bond motifs is 1. The van der Waals surface area contributed by atoms with E-state index in [-0.39, 0.29) is 30.7 Å². The van der Waals surface area contributed by atoms with Crippen molar-refractivity contribution in [3.63, 3.8) is 0 Å². The lowest BCUT2D eigenvalue weighted by Crippen LogP contribution is -2.52. The number of carbonyl (C=O) groups excluding carboxylic acids is 3. The normalized spacial score (nSPS) is 21.5. The summed E-state index contributed by atoms with van der Waals surface area (Å²) >= 11 is 0. The molecule has 1 unspecified atom stereocenters. The van der Waals surface area contributed by atoms with Gasteiger partial charge in [0.05, 0.1) is 0 Å². The summed E-state index contributed by atoms with van der Waals surface area (Å²) in [6, 6.07) is -0.802. The van der Waals surface area contributed by atoms with Gasteiger partial charge in [0.1, 0.15) is 17.6 Å². The lowest BCUT2D eigenvalue weighted by Gasteiger charge is -2.21. The van der Waals surface area contributed by atoms with Crippen molar-refractivity contribution in [2.24, 2.45) is 7.05 Å². The number of carbonyl (C=O) groups is 3. The van der Waals surface area contributed by atoms with Crippen molar-refractivity contribution in [1.29, 1.82) is 0 Å². The molecule has 0 saturated carbocycles. The second-order valence-electron chi connectivity index (χ2n) is 5.24. The highest BCUT2D eigenvalue weighted by atomic mass is 19.1. The Hall–Kier alpha value is -2.64. The summed E-state index contributed by atoms with van der Waals surface area (Å²) in [5.74, 6) is -1.54. The summed E-state index contributed by atoms with van der Waals surface area (Å²) in [5, 5.41) is 4.65. The molecule has 1 aromatic rings. The van der Waals surface area contributed by atoms with Gasteiger partial charge in [-0.15, -0.1) is 0 Å². The molecule has 2 heterocycles. The van der Waals surface area contributed by atoms with E-state index in [1.807, 2.05) is 0 Å². The molecule has 2 aliphatic rings. The van der Waals surface area contributed by atoms with Gasteiger partial charge in [0.2, 0.25) is 11.8 Å². The van der Waals surface area contributed by atoms with Gasteiger partial charge in [-0.2, -0.15) is 0 Å². The van der Waals surface area contributed by atoms with Crippen LogP contribution in [0, 0.1) is 0 Å². The molecule has 1 fully saturated rings. The molecule has 1 aromatic heterocycles. The third-order valence-corrected chi connectivity index (χ3v) is 3.64. The summed E-state index contributed by atoms with van der Waals surface area (Å²) in [6.07, 6.45) is 2.99. The highest BCUT2D eigenvalue weighted by Crippen LogP contribution is 2.26. The van der Waals surface area contributed by atoms with E-state index in [0.717, 1.165) is 6.08 Å². The van der Waals surface area contributed by atoms with Crippen LogP contribution in [0.2, 0.25) is 0 Å². The minimum atomic E-state index is -0.802. The lowest BCUT2D eigenvalue weighted by molar-refractivity contribution is -0.136. The van der Waals surface area contributed by atoms with Gasteiger partial charge in [-0.25, -0.2) is 9.13 Å². The van der Waals surface area contributed by atoms with Gasteiger partial charge in [-0.3, -0.25) is 19.7 Å². The molecular formula is C14H14FN3O4. The number of allylic oxidation sites excluding steroid dienone is 1. The summed E-state index contributed by atoms with van der Waals surface area (Å²) < 4.78 is 20.4. The summed E-state index contributed by atoms with van der Waals surface area (Å²) in [5.41, 5.74) is 0.720. The Bertz CT molecular complexity index is 725. The molecule has 0 aromatic carbocycles. The fraction of sp³-hybridized carbons (Fsp3) is 0.357. The fourth-order valence-electron chi connectivity index (χ4n) is 2.45. The number of aromatic nitrogens is 1. The number of piperidine rings is 1. The van der Waals surface area contributed by atoms with Gasteiger partial charge in [0.15, 0.2) is 5.76 Å². The molecule has 1 aliphatic carbocycles. The van der Waals surface area contributed by atoms with Crippen molar-refractivity contribution in [2.75, 3.05) is 0 Å². The van der Waals surface area contributed by atoms with E-state index in [2.05, 4.69) is 10.6 Å². The number of nitrogens with one attached hydrogen (secondary N) is 2. The first-order valence-corrected chi connectivity index (χ1v) is 6.81. The van der Waals surface area contributed by atoms with Crippen LogP contribution in [0.1, 0.15) is 24.3 Å². The molecule has 1 aliphatic heterocycles. The van der Waals surface area contributed by atoms with Crippen molar-refractivity contribution in [3.05, 3.63) is 28.9 Å². The Morgan fingerprint density at radius 3 is 2.91 bits per heavy atom. The Morgan fingerprint density at radius 1 is 1.45 bits per heavy atom. The largest absolute Gasteiger partial charge is 0.378 e. The maximum atomic E-state index is 13.8. The van der Waals surface area contributed by atoms with Gasteiger partial charge >= 0.3 is 0 Å². The van der Waals surface area contributed by atoms with Crippen LogP contribution < -0.4 is 10.6 Å². The second-order valence-corrected chi connectivity index (χ2v) is 5.24. The SMILES string of the molecule is Cn1oc2c1CC(F)=CC(C(=O)NC1CCC(=O)NC1=O)=C2. The number of imide groups is 1. The fourth-order valence-corrected chi connectivity index (χ4v) is 2.45. The van der Waals surface area contributed by atoms with Crippen molar-refractivity contribution < 1.29 is 23.3 Å². The molecular weight excluding hydrogens is 293 g/mol. The minimum Gasteiger partial charge on any atom is -0.378 e. The predicted octanol–water partition coefficient (Wildman–Crippen LogP) is 0.332. The van der Waals surface area contributed by atoms with Crippen molar-refractivity contribution in [3.8, 4) is 0 Å². The molecule has 0 bridgehead atoms. The first-order valence-electron chi connectivity index (χ1n) is 6.81. The van der Waals surface area contributed by atoms with Crippen LogP contribution in [0.15, 0.2) is 22.0 Å². The Morgan fingerprint density at radius 2 is 2.23 bits per heavy atom. The van der Waals surface area contributed by atoms with Crippen LogP contribution in [0.25, 0.3) is 6.08 Å². The highest BCUT2D eigenvalue weighted by Gasteiger charge is 2.29. The number of amides is 3. The predicted molar refractivity (Wildman–Crippen MR) is 72.9 cm³/mol. The number of halogens is 1. The van der Waals surface area contributed by atoms with Gasteiger partial charge < -0.3 is 9.84 Å². The van der Waals surface area contributed by atoms with Crippen molar-refractivity contribution >= 4 is 23.8 Å². The van der Waals surface area contributed by atoms with Crippen LogP contribution in [0.4, 0.5) is 4.39 Å². The Kier molecular flexibility index (Phi) is 3.44. The lowest BCUT2D eigenvalue weighted by atomic mass is 10.1. The number of rotatable bonds is 2. The molecule has 7 nitrogen and oxygen atoms in total. The quantitative estimate of drug-likeness (QED) is 0.770. The first kappa shape index (κ1) is 14.3. The number of nitrogens with zero attached hydrogens (tertiary/aromatic N) is 1. The molecule has 22 heavy (non-hydrogen) atoms. The third-order valence-electron chi connectivity index (χ3n) is 3.64. The van der Waals surface area contributed by atoms with E-state index in [0.29, 0.717) is 11.5 Å². The molecule has 0 spiro atoms. The van der Waals surface area contributed by atoms with Gasteiger partial charge in [-0.1, -0.05) is 0 Å². The zero-order valence-electron chi connectivity index (χ0n) is 11.8. The Labute approximate surface area is 124 Å². The molecule has 3 amide bonds. The Balaban J connectivity index is 1.76. The van der Waals surface area contributed by atoms with E-state index in [4.69, 9.17) is 4.52 Å². The molecule has 116 valence electrons. The second kappa shape index (κ2) is 5.28. The van der Waals surface area contributed by atoms with Crippen molar-refractivity contribution in [1.82, 2.24) is 15.4 Å². The van der Waals surface area contributed by atoms with E-state index in [9.17, 15) is 18.8 Å². The topological polar surface area (TPSA) is 93.3 Å². The monoisotopic (exact) mass is 307 g/mol. The first-order chi connectivity index (χ1) is 10.4. The number of aryl methyl sites for hydroxylation is 1. The minimum absolute atomic E-state index is 0.0531. The van der Waals surface area contributed by atoms with Gasteiger partial charge in [0, 0.05) is 25.5 Å². The third kappa shape index (κ3) is 2.59. The average molecular weight is 307 g/mol. The van der Waals surface area contributed by atoms with E-state index in [1.165, 1.54) is 10.8 Å². The zero-order valence-corrected chi connectivity index (χ0v) is 11.8. The van der Waals surface area contributed by atoms with Crippen molar-refractivity contribution in [2.45, 2.75) is 25.3 Å². The van der Waals surface area contributed by atoms with Crippen LogP contribution in [0.3, 0.4) is 0 Å². The maximum absolute atomic E-state index is 13.8. The molecule has 3 rings (SSSR count). The molecule has 0 radical (unpaired) electrons. The van der Waals surface area contributed by atoms with Gasteiger partial charge in [-0.05, 0) is 18.6 Å². The summed E-state index contributed by atoms with van der Waals surface area (Å²) in [6.45, 7) is 0. The highest BCUT2D eigenvalue weighted by molar-refractivity contribution is 6.06. The number of hydrogen-bond donors (Lipinski definition) is 2. The van der Waals surface area contributed by atoms with E-state index in [1.54, 1.807) is 7.05 Å². The van der Waals surface area contributed by atoms with E-state index < -0.39 is 23.7 Å². The van der Waals surface area contributed by atoms with Crippen LogP contribution in [-0.4, -0.2) is 28.5 Å². The molecule has 2 N–H and O–H groups in total.